The van der Waals surface area contributed by atoms with Gasteiger partial charge in [-0.2, -0.15) is 0 Å². The van der Waals surface area contributed by atoms with Gasteiger partial charge in [0.25, 0.3) is 11.8 Å². The molecule has 4 rings (SSSR count). The summed E-state index contributed by atoms with van der Waals surface area (Å²) in [6.07, 6.45) is 5.81. The van der Waals surface area contributed by atoms with Gasteiger partial charge in [0.15, 0.2) is 5.69 Å². The van der Waals surface area contributed by atoms with Crippen LogP contribution in [-0.4, -0.2) is 44.9 Å². The first-order chi connectivity index (χ1) is 13.6. The van der Waals surface area contributed by atoms with Crippen molar-refractivity contribution < 1.29 is 19.4 Å². The molecule has 0 aromatic carbocycles. The van der Waals surface area contributed by atoms with E-state index in [1.165, 1.54) is 19.4 Å². The molecule has 2 aromatic heterocycles. The molecule has 0 unspecified atom stereocenters. The van der Waals surface area contributed by atoms with Crippen molar-refractivity contribution in [3.05, 3.63) is 46.9 Å². The normalized spacial score (nSPS) is 16.3. The maximum atomic E-state index is 12.9. The number of aromatic nitrogens is 2. The lowest BCUT2D eigenvalue weighted by Gasteiger charge is -2.22. The summed E-state index contributed by atoms with van der Waals surface area (Å²) >= 11 is 0. The highest BCUT2D eigenvalue weighted by Crippen LogP contribution is 2.33. The van der Waals surface area contributed by atoms with E-state index in [1.54, 1.807) is 12.1 Å². The largest absolute Gasteiger partial charge is 0.505 e. The molecule has 0 atom stereocenters. The Morgan fingerprint density at radius 1 is 1.39 bits per heavy atom. The molecule has 1 aliphatic heterocycles. The second-order valence-corrected chi connectivity index (χ2v) is 7.08. The first-order valence-electron chi connectivity index (χ1n) is 9.38. The van der Waals surface area contributed by atoms with Gasteiger partial charge in [-0.05, 0) is 31.0 Å². The number of amides is 2. The second kappa shape index (κ2) is 7.46. The minimum atomic E-state index is -0.514. The molecule has 1 aliphatic carbocycles. The van der Waals surface area contributed by atoms with E-state index in [2.05, 4.69) is 15.3 Å². The number of fused-ring (bicyclic) bond motifs is 1. The molecule has 2 aliphatic rings. The second-order valence-electron chi connectivity index (χ2n) is 7.08. The molecular weight excluding hydrogens is 360 g/mol. The van der Waals surface area contributed by atoms with Gasteiger partial charge < -0.3 is 20.1 Å². The zero-order valence-corrected chi connectivity index (χ0v) is 15.6. The van der Waals surface area contributed by atoms with E-state index in [9.17, 15) is 14.7 Å². The average molecular weight is 382 g/mol. The van der Waals surface area contributed by atoms with Crippen LogP contribution in [-0.2, 0) is 13.1 Å². The lowest BCUT2D eigenvalue weighted by Crippen LogP contribution is -2.33. The monoisotopic (exact) mass is 382 g/mol. The van der Waals surface area contributed by atoms with Gasteiger partial charge in [-0.3, -0.25) is 9.59 Å². The van der Waals surface area contributed by atoms with Gasteiger partial charge in [0.1, 0.15) is 5.75 Å². The number of pyridine rings is 2. The summed E-state index contributed by atoms with van der Waals surface area (Å²) in [5.74, 6) is -0.335. The van der Waals surface area contributed by atoms with Crippen LogP contribution in [0.2, 0.25) is 0 Å². The van der Waals surface area contributed by atoms with Crippen molar-refractivity contribution >= 4 is 11.8 Å². The predicted octanol–water partition coefficient (Wildman–Crippen LogP) is 2.02. The summed E-state index contributed by atoms with van der Waals surface area (Å²) in [6, 6.07) is 4.97. The molecule has 0 bridgehead atoms. The maximum absolute atomic E-state index is 12.9. The van der Waals surface area contributed by atoms with Crippen molar-refractivity contribution in [2.75, 3.05) is 7.11 Å². The van der Waals surface area contributed by atoms with E-state index in [-0.39, 0.29) is 29.9 Å². The van der Waals surface area contributed by atoms with Crippen LogP contribution >= 0.6 is 0 Å². The molecule has 146 valence electrons. The average Bonchev–Trinajstić information content (AvgIpc) is 3.34. The Kier molecular flexibility index (Phi) is 4.85. The zero-order chi connectivity index (χ0) is 19.7. The van der Waals surface area contributed by atoms with E-state index in [1.807, 2.05) is 4.90 Å². The highest BCUT2D eigenvalue weighted by molar-refractivity contribution is 5.98. The Labute approximate surface area is 162 Å². The number of ether oxygens (including phenoxy) is 1. The highest BCUT2D eigenvalue weighted by Gasteiger charge is 2.36. The summed E-state index contributed by atoms with van der Waals surface area (Å²) in [5.41, 5.74) is 1.83. The molecule has 2 aromatic rings. The highest BCUT2D eigenvalue weighted by atomic mass is 16.5. The molecule has 0 saturated heterocycles. The molecule has 2 N–H and O–H groups in total. The third-order valence-corrected chi connectivity index (χ3v) is 5.35. The van der Waals surface area contributed by atoms with Gasteiger partial charge >= 0.3 is 0 Å². The number of hydrogen-bond donors (Lipinski definition) is 2. The van der Waals surface area contributed by atoms with Crippen LogP contribution in [0.4, 0.5) is 0 Å². The van der Waals surface area contributed by atoms with Crippen LogP contribution < -0.4 is 10.1 Å². The molecule has 2 amide bonds. The quantitative estimate of drug-likeness (QED) is 0.820. The number of nitrogens with one attached hydrogen (secondary N) is 1. The van der Waals surface area contributed by atoms with Crippen molar-refractivity contribution in [2.24, 2.45) is 0 Å². The SMILES string of the molecule is COc1nc2c(cc1CNC(=O)c1ncccc1O)C(=O)N(C1CCCC1)C2. The summed E-state index contributed by atoms with van der Waals surface area (Å²) in [6.45, 7) is 0.610. The Morgan fingerprint density at radius 2 is 2.18 bits per heavy atom. The van der Waals surface area contributed by atoms with Crippen LogP contribution in [0, 0.1) is 0 Å². The van der Waals surface area contributed by atoms with Crippen LogP contribution in [0.1, 0.15) is 57.8 Å². The van der Waals surface area contributed by atoms with Crippen LogP contribution in [0.3, 0.4) is 0 Å². The Balaban J connectivity index is 1.53. The fourth-order valence-corrected chi connectivity index (χ4v) is 3.91. The van der Waals surface area contributed by atoms with Gasteiger partial charge in [-0.15, -0.1) is 0 Å². The van der Waals surface area contributed by atoms with Crippen LogP contribution in [0.15, 0.2) is 24.4 Å². The molecule has 1 fully saturated rings. The van der Waals surface area contributed by atoms with E-state index >= 15 is 0 Å². The number of rotatable bonds is 5. The van der Waals surface area contributed by atoms with Gasteiger partial charge in [-0.1, -0.05) is 12.8 Å². The van der Waals surface area contributed by atoms with E-state index in [0.717, 1.165) is 25.7 Å². The number of nitrogens with zero attached hydrogens (tertiary/aromatic N) is 3. The van der Waals surface area contributed by atoms with E-state index in [4.69, 9.17) is 4.74 Å². The van der Waals surface area contributed by atoms with Crippen LogP contribution in [0.5, 0.6) is 11.6 Å². The number of aromatic hydroxyl groups is 1. The third kappa shape index (κ3) is 3.26. The topological polar surface area (TPSA) is 105 Å². The standard InChI is InChI=1S/C20H22N4O4/c1-28-19-12(10-22-18(26)17-16(25)7-4-8-21-17)9-14-15(23-19)11-24(20(14)27)13-5-2-3-6-13/h4,7-9,13,25H,2-3,5-6,10-11H2,1H3,(H,22,26). The van der Waals surface area contributed by atoms with Gasteiger partial charge in [0.2, 0.25) is 5.88 Å². The summed E-state index contributed by atoms with van der Waals surface area (Å²) in [7, 11) is 1.51. The van der Waals surface area contributed by atoms with Crippen molar-refractivity contribution in [3.63, 3.8) is 0 Å². The van der Waals surface area contributed by atoms with Gasteiger partial charge in [-0.25, -0.2) is 9.97 Å². The molecule has 3 heterocycles. The number of methoxy groups -OCH3 is 1. The Bertz CT molecular complexity index is 924. The molecule has 0 spiro atoms. The first kappa shape index (κ1) is 18.2. The third-order valence-electron chi connectivity index (χ3n) is 5.35. The Morgan fingerprint density at radius 3 is 2.89 bits per heavy atom. The van der Waals surface area contributed by atoms with Gasteiger partial charge in [0.05, 0.1) is 24.9 Å². The van der Waals surface area contributed by atoms with E-state index in [0.29, 0.717) is 29.2 Å². The number of hydrogen-bond acceptors (Lipinski definition) is 6. The molecular formula is C20H22N4O4. The number of carbonyl (C=O) groups excluding carboxylic acids is 2. The molecule has 0 radical (unpaired) electrons. The van der Waals surface area contributed by atoms with Crippen molar-refractivity contribution in [1.29, 1.82) is 0 Å². The Hall–Kier alpha value is -3.16. The van der Waals surface area contributed by atoms with Gasteiger partial charge in [0, 0.05) is 24.3 Å². The number of carbonyl (C=O) groups is 2. The van der Waals surface area contributed by atoms with E-state index < -0.39 is 5.91 Å². The molecule has 8 heteroatoms. The molecule has 8 nitrogen and oxygen atoms in total. The predicted molar refractivity (Wildman–Crippen MR) is 100.0 cm³/mol. The summed E-state index contributed by atoms with van der Waals surface area (Å²) < 4.78 is 5.37. The van der Waals surface area contributed by atoms with Crippen molar-refractivity contribution in [1.82, 2.24) is 20.2 Å². The van der Waals surface area contributed by atoms with Crippen molar-refractivity contribution in [3.8, 4) is 11.6 Å². The minimum absolute atomic E-state index is 0.00741. The lowest BCUT2D eigenvalue weighted by molar-refractivity contribution is 0.0706. The van der Waals surface area contributed by atoms with Crippen molar-refractivity contribution in [2.45, 2.75) is 44.8 Å². The summed E-state index contributed by atoms with van der Waals surface area (Å²) in [4.78, 5) is 35.4. The lowest BCUT2D eigenvalue weighted by atomic mass is 10.1. The fourth-order valence-electron chi connectivity index (χ4n) is 3.91. The van der Waals surface area contributed by atoms with Crippen LogP contribution in [0.25, 0.3) is 0 Å². The fraction of sp³-hybridized carbons (Fsp3) is 0.400. The summed E-state index contributed by atoms with van der Waals surface area (Å²) in [5, 5.41) is 12.5. The molecule has 28 heavy (non-hydrogen) atoms. The minimum Gasteiger partial charge on any atom is -0.505 e. The molecule has 1 saturated carbocycles. The first-order valence-corrected chi connectivity index (χ1v) is 9.38. The smallest absolute Gasteiger partial charge is 0.274 e. The maximum Gasteiger partial charge on any atom is 0.274 e. The zero-order valence-electron chi connectivity index (χ0n) is 15.6.